The first-order valence-corrected chi connectivity index (χ1v) is 28.6. The number of rotatable bonds is 14. The molecule has 0 aliphatic carbocycles. The van der Waals surface area contributed by atoms with Gasteiger partial charge in [-0.05, 0) is 143 Å². The highest BCUT2D eigenvalue weighted by Gasteiger charge is 2.30. The number of nitriles is 1. The van der Waals surface area contributed by atoms with Crippen LogP contribution < -0.4 is 20.1 Å². The van der Waals surface area contributed by atoms with E-state index in [0.29, 0.717) is 53.9 Å². The molecule has 9 aromatic rings. The Kier molecular flexibility index (Phi) is 14.1. The minimum atomic E-state index is -4.41. The van der Waals surface area contributed by atoms with Crippen LogP contribution in [0.15, 0.2) is 111 Å². The molecule has 9 rings (SSSR count). The minimum absolute atomic E-state index is 0.0315. The number of hydrogen-bond acceptors (Lipinski definition) is 16. The van der Waals surface area contributed by atoms with Crippen molar-refractivity contribution in [3.05, 3.63) is 152 Å². The largest absolute Gasteiger partial charge is 0.478 e. The molecule has 0 saturated carbocycles. The number of carbonyl (C=O) groups is 2. The van der Waals surface area contributed by atoms with Crippen LogP contribution in [0.4, 0.5) is 45.1 Å². The molecule has 3 heterocycles. The maximum Gasteiger partial charge on any atom is 0.335 e. The smallest absolute Gasteiger partial charge is 0.335 e. The number of nitrogens with one attached hydrogen (secondary N) is 2. The Bertz CT molecular complexity index is 4240. The molecule has 0 aliphatic rings. The van der Waals surface area contributed by atoms with Gasteiger partial charge >= 0.3 is 11.9 Å². The Morgan fingerprint density at radius 1 is 0.718 bits per heavy atom. The molecule has 0 atom stereocenters. The second-order valence-electron chi connectivity index (χ2n) is 20.0. The Balaban J connectivity index is 1.20. The van der Waals surface area contributed by atoms with Crippen LogP contribution in [-0.4, -0.2) is 58.7 Å². The second-order valence-corrected chi connectivity index (χ2v) is 25.2. The summed E-state index contributed by atoms with van der Waals surface area (Å²) in [5.41, 5.74) is 9.75. The van der Waals surface area contributed by atoms with Crippen molar-refractivity contribution in [2.45, 2.75) is 84.4 Å². The van der Waals surface area contributed by atoms with Gasteiger partial charge in [-0.1, -0.05) is 78.8 Å². The molecule has 0 aliphatic heterocycles. The first-order chi connectivity index (χ1) is 36.6. The molecule has 19 nitrogen and oxygen atoms in total. The number of aromatic carboxylic acids is 2. The lowest BCUT2D eigenvalue weighted by Gasteiger charge is -2.28. The number of primary sulfonamides is 1. The topological polar surface area (TPSA) is 288 Å². The monoisotopic (exact) mass is 1120 g/mol. The molecule has 0 spiro atoms. The van der Waals surface area contributed by atoms with Crippen molar-refractivity contribution >= 4 is 120 Å². The number of carboxylic acids is 2. The van der Waals surface area contributed by atoms with Gasteiger partial charge < -0.3 is 15.5 Å². The van der Waals surface area contributed by atoms with Crippen LogP contribution >= 0.6 is 22.7 Å². The number of nitrogens with two attached hydrogens (primary N) is 1. The number of carboxylic acid groups (broad SMARTS) is 2. The van der Waals surface area contributed by atoms with Crippen LogP contribution in [0.5, 0.6) is 0 Å². The van der Waals surface area contributed by atoms with E-state index in [1.165, 1.54) is 46.4 Å². The van der Waals surface area contributed by atoms with Crippen LogP contribution in [0.3, 0.4) is 0 Å². The average Bonchev–Trinajstić information content (AvgIpc) is 4.27. The molecule has 23 heteroatoms. The fraction of sp³-hybridized carbons (Fsp3) is 0.200. The predicted molar refractivity (Wildman–Crippen MR) is 304 cm³/mol. The van der Waals surface area contributed by atoms with E-state index in [9.17, 15) is 41.9 Å². The van der Waals surface area contributed by atoms with Gasteiger partial charge in [-0.25, -0.2) is 41.5 Å². The van der Waals surface area contributed by atoms with Crippen LogP contribution in [0.2, 0.25) is 0 Å². The van der Waals surface area contributed by atoms with Crippen LogP contribution in [0.25, 0.3) is 25.6 Å². The van der Waals surface area contributed by atoms with Crippen molar-refractivity contribution in [2.75, 3.05) is 14.9 Å². The Labute approximate surface area is 457 Å². The van der Waals surface area contributed by atoms with Crippen LogP contribution in [0.1, 0.15) is 91.7 Å². The van der Waals surface area contributed by atoms with Gasteiger partial charge in [0.15, 0.2) is 10.9 Å². The zero-order valence-electron chi connectivity index (χ0n) is 43.8. The summed E-state index contributed by atoms with van der Waals surface area (Å²) in [5, 5.41) is 54.7. The number of nitrogens with zero attached hydrogens (tertiary/aromatic N) is 8. The lowest BCUT2D eigenvalue weighted by molar-refractivity contribution is 0.0696. The van der Waals surface area contributed by atoms with Crippen molar-refractivity contribution in [2.24, 2.45) is 15.4 Å². The van der Waals surface area contributed by atoms with Gasteiger partial charge in [-0.3, -0.25) is 9.62 Å². The van der Waals surface area contributed by atoms with E-state index in [0.717, 1.165) is 74.3 Å². The summed E-state index contributed by atoms with van der Waals surface area (Å²) < 4.78 is 57.2. The highest BCUT2D eigenvalue weighted by atomic mass is 32.2. The number of aryl methyl sites for hydroxylation is 7. The predicted octanol–water partition coefficient (Wildman–Crippen LogP) is 12.9. The summed E-state index contributed by atoms with van der Waals surface area (Å²) in [5.74, 6) is -2.83. The summed E-state index contributed by atoms with van der Waals surface area (Å²) in [4.78, 5) is 35.2. The van der Waals surface area contributed by atoms with Crippen molar-refractivity contribution in [3.63, 3.8) is 0 Å². The normalized spacial score (nSPS) is 12.1. The number of anilines is 6. The summed E-state index contributed by atoms with van der Waals surface area (Å²) in [7, 11) is -8.41. The van der Waals surface area contributed by atoms with E-state index in [4.69, 9.17) is 30.4 Å². The molecule has 0 radical (unpaired) electrons. The third kappa shape index (κ3) is 10.7. The quantitative estimate of drug-likeness (QED) is 0.0633. The zero-order valence-corrected chi connectivity index (χ0v) is 47.1. The van der Waals surface area contributed by atoms with Gasteiger partial charge in [0.25, 0.3) is 10.0 Å². The number of sulfonamides is 2. The molecule has 398 valence electrons. The molecule has 0 saturated heterocycles. The SMILES string of the molecule is Cc1cc(C)c(Nc2cc(N(c3nc4ccc(S(N)(=O)=O)cc4s3)c3c(C)cc(C)cc3C)cc(C)c2N=Nc2c(C#N)c(C(C)(C)C)nn2-c2nc3ccc(S(=O)(=O)Nc4cc(C(=O)O)cc(C(=O)O)c4)cc3s2)c(C)c1. The van der Waals surface area contributed by atoms with E-state index in [1.54, 1.807) is 6.07 Å². The van der Waals surface area contributed by atoms with Crippen molar-refractivity contribution in [3.8, 4) is 11.2 Å². The Morgan fingerprint density at radius 3 is 1.86 bits per heavy atom. The molecule has 3 aromatic heterocycles. The fourth-order valence-electron chi connectivity index (χ4n) is 9.31. The second kappa shape index (κ2) is 20.2. The van der Waals surface area contributed by atoms with E-state index in [-0.39, 0.29) is 32.0 Å². The molecular formula is C55H51N11O8S4. The van der Waals surface area contributed by atoms with Crippen LogP contribution in [-0.2, 0) is 25.5 Å². The lowest BCUT2D eigenvalue weighted by atomic mass is 9.90. The number of benzene rings is 6. The highest BCUT2D eigenvalue weighted by molar-refractivity contribution is 7.92. The number of aromatic nitrogens is 4. The maximum absolute atomic E-state index is 13.8. The lowest BCUT2D eigenvalue weighted by Crippen LogP contribution is -2.14. The molecular weight excluding hydrogens is 1070 g/mol. The molecule has 0 unspecified atom stereocenters. The average molecular weight is 1120 g/mol. The molecule has 6 aromatic carbocycles. The van der Waals surface area contributed by atoms with Gasteiger partial charge in [-0.2, -0.15) is 15.0 Å². The number of thiazole rings is 2. The van der Waals surface area contributed by atoms with E-state index >= 15 is 0 Å². The van der Waals surface area contributed by atoms with E-state index < -0.39 is 48.5 Å². The number of fused-ring (bicyclic) bond motifs is 2. The van der Waals surface area contributed by atoms with Gasteiger partial charge in [0.1, 0.15) is 17.3 Å². The minimum Gasteiger partial charge on any atom is -0.478 e. The van der Waals surface area contributed by atoms with Crippen molar-refractivity contribution in [1.29, 1.82) is 5.26 Å². The zero-order chi connectivity index (χ0) is 56.5. The number of azo groups is 1. The molecule has 0 amide bonds. The third-order valence-electron chi connectivity index (χ3n) is 12.7. The van der Waals surface area contributed by atoms with Gasteiger partial charge in [0.05, 0.1) is 69.8 Å². The summed E-state index contributed by atoms with van der Waals surface area (Å²) in [6.07, 6.45) is 0. The van der Waals surface area contributed by atoms with Gasteiger partial charge in [0.2, 0.25) is 15.2 Å². The Hall–Kier alpha value is -8.40. The Morgan fingerprint density at radius 2 is 1.28 bits per heavy atom. The van der Waals surface area contributed by atoms with E-state index in [1.807, 2.05) is 86.3 Å². The van der Waals surface area contributed by atoms with Crippen molar-refractivity contribution < 1.29 is 36.6 Å². The highest BCUT2D eigenvalue weighted by Crippen LogP contribution is 2.47. The fourth-order valence-corrected chi connectivity index (χ4v) is 13.1. The van der Waals surface area contributed by atoms with Gasteiger partial charge in [-0.15, -0.1) is 10.2 Å². The maximum atomic E-state index is 13.8. The first-order valence-electron chi connectivity index (χ1n) is 23.9. The van der Waals surface area contributed by atoms with Gasteiger partial charge in [0, 0.05) is 11.1 Å². The molecule has 0 fully saturated rings. The first kappa shape index (κ1) is 54.4. The van der Waals surface area contributed by atoms with Crippen molar-refractivity contribution in [1.82, 2.24) is 19.7 Å². The summed E-state index contributed by atoms with van der Waals surface area (Å²) >= 11 is 2.38. The van der Waals surface area contributed by atoms with E-state index in [2.05, 4.69) is 40.4 Å². The van der Waals surface area contributed by atoms with Crippen LogP contribution in [0, 0.1) is 59.8 Å². The standard InChI is InChI=1S/C55H51N11O8S4/c1-27-15-29(3)46(30(4)16-27)58-43-23-37(65(48-32(6)17-28(2)18-33(48)7)53-59-41-13-11-38(77(57,71)72)24-44(41)75-53)19-31(5)47(43)61-62-50-40(26-56)49(55(8,9)10)63-66(50)54-60-42-14-12-39(25-45(42)76-54)78(73,74)64-36-21-34(51(67)68)20-35(22-36)52(69)70/h11-25,58,64H,1-10H3,(H,67,68)(H,69,70)(H2,57,71,72). The number of hydrogen-bond donors (Lipinski definition) is 5. The summed E-state index contributed by atoms with van der Waals surface area (Å²) in [6.45, 7) is 19.7. The third-order valence-corrected chi connectivity index (χ3v) is 16.9. The molecule has 0 bridgehead atoms. The molecule has 6 N–H and O–H groups in total. The summed E-state index contributed by atoms with van der Waals surface area (Å²) in [6, 6.07) is 26.3. The molecule has 78 heavy (non-hydrogen) atoms.